The first-order valence-electron chi connectivity index (χ1n) is 6.97. The molecule has 118 valence electrons. The highest BCUT2D eigenvalue weighted by Crippen LogP contribution is 2.40. The van der Waals surface area contributed by atoms with Crippen molar-refractivity contribution >= 4 is 11.6 Å². The summed E-state index contributed by atoms with van der Waals surface area (Å²) in [5, 5.41) is 6.25. The largest absolute Gasteiger partial charge is 0.408 e. The SMILES string of the molecule is Cc1cc(C)c2ncc(C(=O)NC(C3CC3)C(F)(F)F)n2n1. The van der Waals surface area contributed by atoms with Crippen LogP contribution in [0.5, 0.6) is 0 Å². The number of amides is 1. The predicted octanol–water partition coefficient (Wildman–Crippen LogP) is 2.42. The maximum Gasteiger partial charge on any atom is 0.408 e. The molecule has 3 rings (SSSR count). The number of halogens is 3. The number of nitrogens with one attached hydrogen (secondary N) is 1. The van der Waals surface area contributed by atoms with E-state index in [1.807, 2.05) is 0 Å². The van der Waals surface area contributed by atoms with E-state index in [9.17, 15) is 18.0 Å². The van der Waals surface area contributed by atoms with E-state index in [4.69, 9.17) is 0 Å². The molecular formula is C14H15F3N4O. The smallest absolute Gasteiger partial charge is 0.339 e. The molecule has 2 heterocycles. The molecule has 1 atom stereocenters. The molecule has 0 bridgehead atoms. The van der Waals surface area contributed by atoms with Gasteiger partial charge in [-0.2, -0.15) is 18.3 Å². The Morgan fingerprint density at radius 3 is 2.68 bits per heavy atom. The molecule has 2 aromatic heterocycles. The minimum atomic E-state index is -4.45. The second-order valence-electron chi connectivity index (χ2n) is 5.68. The lowest BCUT2D eigenvalue weighted by Crippen LogP contribution is -2.47. The van der Waals surface area contributed by atoms with Crippen molar-refractivity contribution in [1.29, 1.82) is 0 Å². The van der Waals surface area contributed by atoms with Gasteiger partial charge in [0.15, 0.2) is 11.3 Å². The molecule has 1 unspecified atom stereocenters. The van der Waals surface area contributed by atoms with Crippen LogP contribution in [0.4, 0.5) is 13.2 Å². The lowest BCUT2D eigenvalue weighted by molar-refractivity contribution is -0.158. The predicted molar refractivity (Wildman–Crippen MR) is 72.5 cm³/mol. The highest BCUT2D eigenvalue weighted by Gasteiger charge is 2.49. The maximum absolute atomic E-state index is 13.0. The summed E-state index contributed by atoms with van der Waals surface area (Å²) >= 11 is 0. The van der Waals surface area contributed by atoms with Gasteiger partial charge in [-0.3, -0.25) is 4.79 Å². The molecule has 0 saturated heterocycles. The van der Waals surface area contributed by atoms with Gasteiger partial charge >= 0.3 is 6.18 Å². The number of aromatic nitrogens is 3. The summed E-state index contributed by atoms with van der Waals surface area (Å²) in [5.74, 6) is -1.33. The molecule has 1 N–H and O–H groups in total. The van der Waals surface area contributed by atoms with Gasteiger partial charge in [0.25, 0.3) is 5.91 Å². The third kappa shape index (κ3) is 2.65. The van der Waals surface area contributed by atoms with Crippen molar-refractivity contribution < 1.29 is 18.0 Å². The average molecular weight is 312 g/mol. The summed E-state index contributed by atoms with van der Waals surface area (Å²) < 4.78 is 40.3. The Kier molecular flexibility index (Phi) is 3.34. The van der Waals surface area contributed by atoms with Crippen molar-refractivity contribution in [3.63, 3.8) is 0 Å². The molecule has 1 amide bonds. The molecule has 0 spiro atoms. The number of aryl methyl sites for hydroxylation is 2. The van der Waals surface area contributed by atoms with E-state index in [1.54, 1.807) is 19.9 Å². The molecule has 0 radical (unpaired) electrons. The van der Waals surface area contributed by atoms with Gasteiger partial charge in [-0.1, -0.05) is 0 Å². The molecule has 0 aliphatic heterocycles. The minimum absolute atomic E-state index is 0.0108. The summed E-state index contributed by atoms with van der Waals surface area (Å²) in [7, 11) is 0. The van der Waals surface area contributed by atoms with E-state index in [1.165, 1.54) is 10.7 Å². The Morgan fingerprint density at radius 2 is 2.09 bits per heavy atom. The second kappa shape index (κ2) is 4.96. The van der Waals surface area contributed by atoms with Gasteiger partial charge in [0.2, 0.25) is 0 Å². The van der Waals surface area contributed by atoms with Crippen LogP contribution in [0, 0.1) is 19.8 Å². The van der Waals surface area contributed by atoms with Crippen molar-refractivity contribution in [2.24, 2.45) is 5.92 Å². The zero-order chi connectivity index (χ0) is 16.1. The zero-order valence-electron chi connectivity index (χ0n) is 12.1. The maximum atomic E-state index is 13.0. The number of alkyl halides is 3. The fraction of sp³-hybridized carbons (Fsp3) is 0.500. The minimum Gasteiger partial charge on any atom is -0.339 e. The molecule has 8 heteroatoms. The Bertz CT molecular complexity index is 733. The van der Waals surface area contributed by atoms with Gasteiger partial charge in [0.1, 0.15) is 6.04 Å². The van der Waals surface area contributed by atoms with Crippen LogP contribution < -0.4 is 5.32 Å². The Balaban J connectivity index is 1.92. The molecule has 1 fully saturated rings. The number of hydrogen-bond acceptors (Lipinski definition) is 3. The number of carbonyl (C=O) groups excluding carboxylic acids is 1. The van der Waals surface area contributed by atoms with E-state index in [0.29, 0.717) is 24.2 Å². The summed E-state index contributed by atoms with van der Waals surface area (Å²) in [6, 6.07) is -0.0105. The van der Waals surface area contributed by atoms with Crippen molar-refractivity contribution in [1.82, 2.24) is 19.9 Å². The summed E-state index contributed by atoms with van der Waals surface area (Å²) in [6.45, 7) is 3.55. The fourth-order valence-electron chi connectivity index (χ4n) is 2.55. The highest BCUT2D eigenvalue weighted by atomic mass is 19.4. The summed E-state index contributed by atoms with van der Waals surface area (Å²) in [5.41, 5.74) is 1.94. The van der Waals surface area contributed by atoms with Gasteiger partial charge in [-0.25, -0.2) is 9.50 Å². The Labute approximate surface area is 124 Å². The number of hydrogen-bond donors (Lipinski definition) is 1. The van der Waals surface area contributed by atoms with Crippen LogP contribution in [0.3, 0.4) is 0 Å². The lowest BCUT2D eigenvalue weighted by atomic mass is 10.1. The number of rotatable bonds is 3. The first-order chi connectivity index (χ1) is 10.3. The summed E-state index contributed by atoms with van der Waals surface area (Å²) in [4.78, 5) is 16.3. The highest BCUT2D eigenvalue weighted by molar-refractivity contribution is 5.93. The topological polar surface area (TPSA) is 59.3 Å². The zero-order valence-corrected chi connectivity index (χ0v) is 12.1. The molecule has 0 aromatic carbocycles. The van der Waals surface area contributed by atoms with Crippen molar-refractivity contribution in [2.45, 2.75) is 38.9 Å². The number of fused-ring (bicyclic) bond motifs is 1. The number of imidazole rings is 1. The van der Waals surface area contributed by atoms with Gasteiger partial charge in [0.05, 0.1) is 11.9 Å². The van der Waals surface area contributed by atoms with Crippen molar-refractivity contribution in [2.75, 3.05) is 0 Å². The Hall–Kier alpha value is -2.12. The van der Waals surface area contributed by atoms with E-state index in [2.05, 4.69) is 15.4 Å². The van der Waals surface area contributed by atoms with Crippen LogP contribution in [-0.4, -0.2) is 32.7 Å². The molecule has 2 aromatic rings. The van der Waals surface area contributed by atoms with Crippen LogP contribution in [0.15, 0.2) is 12.3 Å². The quantitative estimate of drug-likeness (QED) is 0.947. The van der Waals surface area contributed by atoms with Gasteiger partial charge in [0, 0.05) is 0 Å². The molecule has 1 aliphatic carbocycles. The normalized spacial score (nSPS) is 16.8. The van der Waals surface area contributed by atoms with E-state index in [0.717, 1.165) is 5.56 Å². The van der Waals surface area contributed by atoms with Crippen molar-refractivity contribution in [3.8, 4) is 0 Å². The van der Waals surface area contributed by atoms with E-state index < -0.39 is 24.0 Å². The number of carbonyl (C=O) groups is 1. The van der Waals surface area contributed by atoms with E-state index in [-0.39, 0.29) is 5.69 Å². The van der Waals surface area contributed by atoms with Crippen LogP contribution in [0.25, 0.3) is 5.65 Å². The average Bonchev–Trinajstić information content (AvgIpc) is 3.13. The van der Waals surface area contributed by atoms with Gasteiger partial charge in [-0.05, 0) is 44.2 Å². The summed E-state index contributed by atoms with van der Waals surface area (Å²) in [6.07, 6.45) is -2.23. The molecular weight excluding hydrogens is 297 g/mol. The first kappa shape index (κ1) is 14.8. The molecule has 1 aliphatic rings. The molecule has 1 saturated carbocycles. The van der Waals surface area contributed by atoms with Crippen LogP contribution in [0.2, 0.25) is 0 Å². The van der Waals surface area contributed by atoms with Crippen LogP contribution in [-0.2, 0) is 0 Å². The third-order valence-corrected chi connectivity index (χ3v) is 3.74. The third-order valence-electron chi connectivity index (χ3n) is 3.74. The monoisotopic (exact) mass is 312 g/mol. The molecule has 22 heavy (non-hydrogen) atoms. The standard InChI is InChI=1S/C14H15F3N4O/c1-7-5-8(2)20-21-10(6-18-12(7)21)13(22)19-11(9-3-4-9)14(15,16)17/h5-6,9,11H,3-4H2,1-2H3,(H,19,22). The van der Waals surface area contributed by atoms with Crippen LogP contribution >= 0.6 is 0 Å². The second-order valence-corrected chi connectivity index (χ2v) is 5.68. The molecule has 5 nitrogen and oxygen atoms in total. The van der Waals surface area contributed by atoms with Gasteiger partial charge < -0.3 is 5.32 Å². The Morgan fingerprint density at radius 1 is 1.41 bits per heavy atom. The van der Waals surface area contributed by atoms with Crippen LogP contribution in [0.1, 0.15) is 34.6 Å². The van der Waals surface area contributed by atoms with Crippen molar-refractivity contribution in [3.05, 3.63) is 29.2 Å². The number of nitrogens with zero attached hydrogens (tertiary/aromatic N) is 3. The lowest BCUT2D eigenvalue weighted by Gasteiger charge is -2.20. The fourth-order valence-corrected chi connectivity index (χ4v) is 2.55. The van der Waals surface area contributed by atoms with Gasteiger partial charge in [-0.15, -0.1) is 0 Å². The first-order valence-corrected chi connectivity index (χ1v) is 6.97. The van der Waals surface area contributed by atoms with E-state index >= 15 is 0 Å².